The molecule has 2 aromatic rings. The predicted molar refractivity (Wildman–Crippen MR) is 154 cm³/mol. The first kappa shape index (κ1) is 35.1. The second-order valence-electron chi connectivity index (χ2n) is 8.87. The third-order valence-electron chi connectivity index (χ3n) is 5.62. The fourth-order valence-corrected chi connectivity index (χ4v) is 3.08. The molecule has 11 heteroatoms. The molecular formula is C31H36N2O9. The number of nitrogens with zero attached hydrogens (tertiary/aromatic N) is 2. The number of esters is 4. The van der Waals surface area contributed by atoms with E-state index in [4.69, 9.17) is 18.9 Å². The number of aldehydes is 1. The molecule has 224 valence electrons. The van der Waals surface area contributed by atoms with Crippen molar-refractivity contribution in [3.8, 4) is 0 Å². The van der Waals surface area contributed by atoms with Gasteiger partial charge < -0.3 is 18.9 Å². The Morgan fingerprint density at radius 1 is 0.714 bits per heavy atom. The fourth-order valence-electron chi connectivity index (χ4n) is 3.08. The van der Waals surface area contributed by atoms with Crippen molar-refractivity contribution in [2.24, 2.45) is 0 Å². The van der Waals surface area contributed by atoms with Gasteiger partial charge in [-0.15, -0.1) is 0 Å². The minimum atomic E-state index is -1.17. The first-order valence-corrected chi connectivity index (χ1v) is 12.7. The molecule has 2 aromatic heterocycles. The highest BCUT2D eigenvalue weighted by Gasteiger charge is 2.41. The van der Waals surface area contributed by atoms with Gasteiger partial charge in [0.05, 0.1) is 0 Å². The molecule has 0 aliphatic carbocycles. The van der Waals surface area contributed by atoms with Crippen molar-refractivity contribution < 1.29 is 42.9 Å². The normalized spacial score (nSPS) is 19.0. The van der Waals surface area contributed by atoms with E-state index in [0.717, 1.165) is 17.4 Å². The van der Waals surface area contributed by atoms with Gasteiger partial charge in [0, 0.05) is 51.5 Å². The molecule has 2 aliphatic heterocycles. The SMILES string of the molecule is C.CCC1(C)OC(=O)C(=C/C=C/c2ccncc2)C(=O)O1.CCC1(C)OC(=O)CC(=O)O1.O=C/C=C/c1ccncc1. The van der Waals surface area contributed by atoms with E-state index in [0.29, 0.717) is 12.8 Å². The Hall–Kier alpha value is -4.93. The van der Waals surface area contributed by atoms with Crippen LogP contribution in [0.25, 0.3) is 12.2 Å². The van der Waals surface area contributed by atoms with Crippen LogP contribution in [0.5, 0.6) is 0 Å². The van der Waals surface area contributed by atoms with Crippen molar-refractivity contribution in [3.63, 3.8) is 0 Å². The number of carbonyl (C=O) groups is 5. The zero-order chi connectivity index (χ0) is 30.3. The molecule has 0 aromatic carbocycles. The molecule has 0 amide bonds. The van der Waals surface area contributed by atoms with Gasteiger partial charge in [0.25, 0.3) is 11.6 Å². The summed E-state index contributed by atoms with van der Waals surface area (Å²) in [5.41, 5.74) is 1.79. The van der Waals surface area contributed by atoms with Gasteiger partial charge in [-0.05, 0) is 47.5 Å². The number of ether oxygens (including phenoxy) is 4. The lowest BCUT2D eigenvalue weighted by atomic mass is 10.1. The molecule has 0 saturated carbocycles. The molecule has 0 unspecified atom stereocenters. The number of pyridine rings is 2. The average molecular weight is 581 g/mol. The molecule has 2 saturated heterocycles. The predicted octanol–water partition coefficient (Wildman–Crippen LogP) is 4.78. The number of hydrogen-bond donors (Lipinski definition) is 0. The molecule has 0 atom stereocenters. The van der Waals surface area contributed by atoms with E-state index in [-0.39, 0.29) is 19.4 Å². The largest absolute Gasteiger partial charge is 0.422 e. The Morgan fingerprint density at radius 2 is 1.12 bits per heavy atom. The third kappa shape index (κ3) is 11.7. The van der Waals surface area contributed by atoms with Crippen LogP contribution in [-0.2, 0) is 42.9 Å². The highest BCUT2D eigenvalue weighted by molar-refractivity contribution is 6.15. The van der Waals surface area contributed by atoms with Crippen LogP contribution in [0.3, 0.4) is 0 Å². The van der Waals surface area contributed by atoms with E-state index in [2.05, 4.69) is 9.97 Å². The topological polar surface area (TPSA) is 148 Å². The Bertz CT molecular complexity index is 1270. The minimum Gasteiger partial charge on any atom is -0.422 e. The summed E-state index contributed by atoms with van der Waals surface area (Å²) in [5.74, 6) is -4.54. The lowest BCUT2D eigenvalue weighted by molar-refractivity contribution is -0.238. The number of hydrogen-bond acceptors (Lipinski definition) is 11. The van der Waals surface area contributed by atoms with E-state index in [1.165, 1.54) is 12.2 Å². The number of carbonyl (C=O) groups excluding carboxylic acids is 5. The van der Waals surface area contributed by atoms with Crippen molar-refractivity contribution in [1.29, 1.82) is 0 Å². The number of allylic oxidation sites excluding steroid dienone is 3. The van der Waals surface area contributed by atoms with Gasteiger partial charge in [-0.25, -0.2) is 9.59 Å². The van der Waals surface area contributed by atoms with E-state index >= 15 is 0 Å². The van der Waals surface area contributed by atoms with Gasteiger partial charge in [0.2, 0.25) is 0 Å². The summed E-state index contributed by atoms with van der Waals surface area (Å²) >= 11 is 0. The zero-order valence-corrected chi connectivity index (χ0v) is 23.3. The number of rotatable bonds is 6. The van der Waals surface area contributed by atoms with Gasteiger partial charge >= 0.3 is 23.9 Å². The quantitative estimate of drug-likeness (QED) is 0.153. The van der Waals surface area contributed by atoms with E-state index in [1.54, 1.807) is 82.8 Å². The van der Waals surface area contributed by atoms with Crippen molar-refractivity contribution in [2.45, 2.75) is 66.0 Å². The van der Waals surface area contributed by atoms with Crippen molar-refractivity contribution in [1.82, 2.24) is 9.97 Å². The highest BCUT2D eigenvalue weighted by Crippen LogP contribution is 2.26. The lowest BCUT2D eigenvalue weighted by Crippen LogP contribution is -2.43. The van der Waals surface area contributed by atoms with E-state index in [1.807, 2.05) is 12.1 Å². The summed E-state index contributed by atoms with van der Waals surface area (Å²) in [6, 6.07) is 7.28. The molecule has 2 aliphatic rings. The summed E-state index contributed by atoms with van der Waals surface area (Å²) in [4.78, 5) is 62.6. The standard InChI is InChI=1S/C15H15NO4.C8H7NO.C7H10O4.CH4/c1-3-15(2)19-13(17)12(14(18)20-15)6-4-5-11-7-9-16-10-8-11;10-7-1-2-8-3-5-9-6-4-8;1-3-7(2)10-5(8)4-6(9)11-7;/h4-10H,3H2,1-2H3;1-7H;3-4H2,1-2H3;1H4/b5-4+,12-6?;2-1+;;. The maximum absolute atomic E-state index is 11.8. The Kier molecular flexibility index (Phi) is 14.2. The first-order chi connectivity index (χ1) is 19.5. The lowest BCUT2D eigenvalue weighted by Gasteiger charge is -2.32. The monoisotopic (exact) mass is 580 g/mol. The highest BCUT2D eigenvalue weighted by atomic mass is 16.7. The van der Waals surface area contributed by atoms with Gasteiger partial charge in [-0.3, -0.25) is 24.4 Å². The molecular weight excluding hydrogens is 544 g/mol. The van der Waals surface area contributed by atoms with Crippen LogP contribution < -0.4 is 0 Å². The molecule has 0 spiro atoms. The van der Waals surface area contributed by atoms with Gasteiger partial charge in [0.15, 0.2) is 0 Å². The molecule has 42 heavy (non-hydrogen) atoms. The smallest absolute Gasteiger partial charge is 0.348 e. The number of cyclic esters (lactones) is 4. The van der Waals surface area contributed by atoms with Crippen molar-refractivity contribution in [3.05, 3.63) is 84.0 Å². The Balaban J connectivity index is 0.000000341. The zero-order valence-electron chi connectivity index (χ0n) is 23.3. The minimum absolute atomic E-state index is 0. The Labute approximate surface area is 245 Å². The molecule has 2 fully saturated rings. The summed E-state index contributed by atoms with van der Waals surface area (Å²) in [6.45, 7) is 6.69. The third-order valence-corrected chi connectivity index (χ3v) is 5.62. The van der Waals surface area contributed by atoms with Crippen molar-refractivity contribution >= 4 is 42.3 Å². The Morgan fingerprint density at radius 3 is 1.52 bits per heavy atom. The maximum Gasteiger partial charge on any atom is 0.348 e. The van der Waals surface area contributed by atoms with Crippen LogP contribution in [0, 0.1) is 0 Å². The number of aromatic nitrogens is 2. The van der Waals surface area contributed by atoms with E-state index < -0.39 is 35.5 Å². The summed E-state index contributed by atoms with van der Waals surface area (Å²) < 4.78 is 19.9. The summed E-state index contributed by atoms with van der Waals surface area (Å²) in [6.07, 6.45) is 16.0. The second-order valence-corrected chi connectivity index (χ2v) is 8.87. The summed E-state index contributed by atoms with van der Waals surface area (Å²) in [5, 5.41) is 0. The van der Waals surface area contributed by atoms with Crippen LogP contribution >= 0.6 is 0 Å². The maximum atomic E-state index is 11.8. The van der Waals surface area contributed by atoms with Gasteiger partial charge in [-0.1, -0.05) is 39.5 Å². The molecule has 0 radical (unpaired) electrons. The second kappa shape index (κ2) is 17.0. The molecule has 0 bridgehead atoms. The van der Waals surface area contributed by atoms with Crippen LogP contribution in [0.4, 0.5) is 0 Å². The summed E-state index contributed by atoms with van der Waals surface area (Å²) in [7, 11) is 0. The van der Waals surface area contributed by atoms with E-state index in [9.17, 15) is 24.0 Å². The van der Waals surface area contributed by atoms with Crippen LogP contribution in [0.15, 0.2) is 72.9 Å². The van der Waals surface area contributed by atoms with Gasteiger partial charge in [-0.2, -0.15) is 0 Å². The molecule has 11 nitrogen and oxygen atoms in total. The van der Waals surface area contributed by atoms with Gasteiger partial charge in [0.1, 0.15) is 18.3 Å². The fraction of sp³-hybridized carbons (Fsp3) is 0.323. The van der Waals surface area contributed by atoms with Crippen molar-refractivity contribution in [2.75, 3.05) is 0 Å². The first-order valence-electron chi connectivity index (χ1n) is 12.7. The molecule has 4 heterocycles. The average Bonchev–Trinajstić information content (AvgIpc) is 2.94. The van der Waals surface area contributed by atoms with Crippen LogP contribution in [0.1, 0.15) is 65.5 Å². The van der Waals surface area contributed by atoms with Crippen LogP contribution in [0.2, 0.25) is 0 Å². The molecule has 4 rings (SSSR count). The van der Waals surface area contributed by atoms with Crippen LogP contribution in [-0.4, -0.2) is 51.7 Å². The molecule has 0 N–H and O–H groups in total.